The van der Waals surface area contributed by atoms with Crippen molar-refractivity contribution in [2.45, 2.75) is 52.6 Å². The normalized spacial score (nSPS) is 13.8. The number of aromatic nitrogens is 4. The Morgan fingerprint density at radius 1 is 1.09 bits per heavy atom. The number of hydrogen-bond acceptors (Lipinski definition) is 5. The standard InChI is InChI=1S/C24H34N4O3Si2/c1-24(2,23(30-32-4)31-33-5)9-6-12-28-15-18(17-13-16(29-3)7-8-21(17)28)19-14-20-22(27-19)26-11-10-25-20/h7-8,10-11,13-15,23H,6,9,12,32-33H2,1-5H3,(H,26,27). The average Bonchev–Trinajstić information content (AvgIpc) is 3.40. The third-order valence-corrected chi connectivity index (χ3v) is 7.41. The highest BCUT2D eigenvalue weighted by Crippen LogP contribution is 2.35. The molecule has 0 fully saturated rings. The number of rotatable bonds is 11. The van der Waals surface area contributed by atoms with Gasteiger partial charge in [-0.05, 0) is 37.1 Å². The molecule has 176 valence electrons. The minimum absolute atomic E-state index is 0.00442. The van der Waals surface area contributed by atoms with Gasteiger partial charge in [-0.25, -0.2) is 4.98 Å². The lowest BCUT2D eigenvalue weighted by atomic mass is 9.87. The Hall–Kier alpha value is -2.47. The van der Waals surface area contributed by atoms with Crippen LogP contribution in [0.5, 0.6) is 5.75 Å². The Bertz CT molecular complexity index is 1180. The van der Waals surface area contributed by atoms with E-state index < -0.39 is 19.5 Å². The summed E-state index contributed by atoms with van der Waals surface area (Å²) in [6, 6.07) is 8.33. The molecule has 0 saturated carbocycles. The van der Waals surface area contributed by atoms with E-state index in [1.54, 1.807) is 19.5 Å². The SMILES string of the molecule is COc1ccc2c(c1)c(-c1cc3nccnc3[nH]1)cn2CCCC(C)(C)C(O[SiH2]C)O[SiH2]C. The number of aryl methyl sites for hydroxylation is 1. The van der Waals surface area contributed by atoms with Gasteiger partial charge in [-0.1, -0.05) is 26.9 Å². The Balaban J connectivity index is 1.62. The van der Waals surface area contributed by atoms with Gasteiger partial charge in [-0.15, -0.1) is 0 Å². The lowest BCUT2D eigenvalue weighted by Gasteiger charge is -2.34. The molecule has 1 aromatic carbocycles. The monoisotopic (exact) mass is 482 g/mol. The molecule has 0 bridgehead atoms. The van der Waals surface area contributed by atoms with Gasteiger partial charge in [0.25, 0.3) is 0 Å². The van der Waals surface area contributed by atoms with Crippen molar-refractivity contribution in [1.82, 2.24) is 19.5 Å². The summed E-state index contributed by atoms with van der Waals surface area (Å²) in [5.41, 5.74) is 4.98. The van der Waals surface area contributed by atoms with Gasteiger partial charge >= 0.3 is 0 Å². The molecular formula is C24H34N4O3Si2. The predicted octanol–water partition coefficient (Wildman–Crippen LogP) is 4.02. The molecule has 0 aliphatic rings. The number of fused-ring (bicyclic) bond motifs is 2. The summed E-state index contributed by atoms with van der Waals surface area (Å²) in [5, 5.41) is 1.15. The molecule has 1 N–H and O–H groups in total. The van der Waals surface area contributed by atoms with Crippen LogP contribution in [0.1, 0.15) is 26.7 Å². The topological polar surface area (TPSA) is 74.2 Å². The summed E-state index contributed by atoms with van der Waals surface area (Å²) in [6.45, 7) is 9.78. The molecule has 4 rings (SSSR count). The van der Waals surface area contributed by atoms with Gasteiger partial charge in [-0.2, -0.15) is 0 Å². The van der Waals surface area contributed by atoms with Crippen molar-refractivity contribution in [3.8, 4) is 17.0 Å². The fourth-order valence-electron chi connectivity index (χ4n) is 4.42. The summed E-state index contributed by atoms with van der Waals surface area (Å²) in [7, 11) is 0.679. The Morgan fingerprint density at radius 3 is 2.55 bits per heavy atom. The van der Waals surface area contributed by atoms with E-state index in [4.69, 9.17) is 13.6 Å². The van der Waals surface area contributed by atoms with Gasteiger partial charge in [0.05, 0.1) is 12.8 Å². The van der Waals surface area contributed by atoms with Gasteiger partial charge in [0.15, 0.2) is 25.2 Å². The molecular weight excluding hydrogens is 448 g/mol. The van der Waals surface area contributed by atoms with E-state index >= 15 is 0 Å². The largest absolute Gasteiger partial charge is 0.497 e. The van der Waals surface area contributed by atoms with Crippen LogP contribution in [0.3, 0.4) is 0 Å². The van der Waals surface area contributed by atoms with Crippen LogP contribution in [-0.4, -0.2) is 52.4 Å². The first-order valence-electron chi connectivity index (χ1n) is 11.7. The van der Waals surface area contributed by atoms with Crippen LogP contribution in [0.25, 0.3) is 33.3 Å². The van der Waals surface area contributed by atoms with Crippen molar-refractivity contribution < 1.29 is 13.6 Å². The Labute approximate surface area is 199 Å². The van der Waals surface area contributed by atoms with Gasteiger partial charge in [0, 0.05) is 47.0 Å². The molecule has 9 heteroatoms. The van der Waals surface area contributed by atoms with Crippen LogP contribution >= 0.6 is 0 Å². The van der Waals surface area contributed by atoms with E-state index in [0.717, 1.165) is 52.9 Å². The number of H-pyrrole nitrogens is 1. The molecule has 7 nitrogen and oxygen atoms in total. The summed E-state index contributed by atoms with van der Waals surface area (Å²) in [4.78, 5) is 12.3. The van der Waals surface area contributed by atoms with Gasteiger partial charge in [-0.3, -0.25) is 4.98 Å². The number of ether oxygens (including phenoxy) is 1. The average molecular weight is 483 g/mol. The number of nitrogens with one attached hydrogen (secondary N) is 1. The maximum absolute atomic E-state index is 6.05. The van der Waals surface area contributed by atoms with Gasteiger partial charge in [0.1, 0.15) is 17.6 Å². The van der Waals surface area contributed by atoms with E-state index in [0.29, 0.717) is 0 Å². The number of benzene rings is 1. The summed E-state index contributed by atoms with van der Waals surface area (Å²) >= 11 is 0. The molecule has 4 aromatic rings. The first-order valence-corrected chi connectivity index (χ1v) is 15.6. The third kappa shape index (κ3) is 5.06. The first-order chi connectivity index (χ1) is 16.0. The fraction of sp³-hybridized carbons (Fsp3) is 0.417. The summed E-state index contributed by atoms with van der Waals surface area (Å²) in [5.74, 6) is 0.847. The number of hydrogen-bond donors (Lipinski definition) is 1. The lowest BCUT2D eigenvalue weighted by molar-refractivity contribution is -0.0828. The number of methoxy groups -OCH3 is 1. The number of aromatic amines is 1. The van der Waals surface area contributed by atoms with Gasteiger partial charge in [0.2, 0.25) is 0 Å². The fourth-order valence-corrected chi connectivity index (χ4v) is 6.32. The number of nitrogens with zero attached hydrogens (tertiary/aromatic N) is 3. The molecule has 0 radical (unpaired) electrons. The highest BCUT2D eigenvalue weighted by molar-refractivity contribution is 6.26. The summed E-state index contributed by atoms with van der Waals surface area (Å²) < 4.78 is 20.0. The minimum atomic E-state index is -0.513. The van der Waals surface area contributed by atoms with E-state index in [1.807, 2.05) is 6.07 Å². The van der Waals surface area contributed by atoms with Crippen LogP contribution in [0.4, 0.5) is 0 Å². The van der Waals surface area contributed by atoms with Crippen LogP contribution in [0.15, 0.2) is 42.9 Å². The van der Waals surface area contributed by atoms with Crippen molar-refractivity contribution >= 4 is 41.6 Å². The molecule has 0 amide bonds. The maximum Gasteiger partial charge on any atom is 0.161 e. The van der Waals surface area contributed by atoms with Crippen LogP contribution < -0.4 is 4.74 Å². The Morgan fingerprint density at radius 2 is 1.85 bits per heavy atom. The van der Waals surface area contributed by atoms with Crippen LogP contribution in [0.2, 0.25) is 13.1 Å². The lowest BCUT2D eigenvalue weighted by Crippen LogP contribution is -2.36. The molecule has 0 saturated heterocycles. The molecule has 33 heavy (non-hydrogen) atoms. The molecule has 0 atom stereocenters. The van der Waals surface area contributed by atoms with Crippen LogP contribution in [0, 0.1) is 5.41 Å². The zero-order chi connectivity index (χ0) is 23.4. The highest BCUT2D eigenvalue weighted by Gasteiger charge is 2.29. The van der Waals surface area contributed by atoms with E-state index in [2.05, 4.69) is 70.9 Å². The molecule has 3 heterocycles. The van der Waals surface area contributed by atoms with Crippen molar-refractivity contribution in [2.24, 2.45) is 5.41 Å². The Kier molecular flexibility index (Phi) is 7.33. The molecule has 0 unspecified atom stereocenters. The molecule has 3 aromatic heterocycles. The zero-order valence-corrected chi connectivity index (χ0v) is 23.0. The van der Waals surface area contributed by atoms with E-state index in [-0.39, 0.29) is 11.7 Å². The van der Waals surface area contributed by atoms with Crippen molar-refractivity contribution in [1.29, 1.82) is 0 Å². The van der Waals surface area contributed by atoms with Gasteiger partial charge < -0.3 is 23.1 Å². The zero-order valence-electron chi connectivity index (χ0n) is 20.2. The van der Waals surface area contributed by atoms with Crippen LogP contribution in [-0.2, 0) is 15.4 Å². The molecule has 0 aliphatic heterocycles. The molecule has 0 aliphatic carbocycles. The highest BCUT2D eigenvalue weighted by atomic mass is 28.2. The second kappa shape index (κ2) is 10.2. The second-order valence-corrected chi connectivity index (χ2v) is 10.7. The van der Waals surface area contributed by atoms with Crippen molar-refractivity contribution in [3.05, 3.63) is 42.9 Å². The second-order valence-electron chi connectivity index (χ2n) is 8.93. The minimum Gasteiger partial charge on any atom is -0.497 e. The predicted molar refractivity (Wildman–Crippen MR) is 139 cm³/mol. The third-order valence-electron chi connectivity index (χ3n) is 6.13. The van der Waals surface area contributed by atoms with Crippen molar-refractivity contribution in [3.63, 3.8) is 0 Å². The summed E-state index contributed by atoms with van der Waals surface area (Å²) in [6.07, 6.45) is 7.66. The van der Waals surface area contributed by atoms with E-state index in [1.165, 1.54) is 5.52 Å². The van der Waals surface area contributed by atoms with E-state index in [9.17, 15) is 0 Å². The molecule has 0 spiro atoms. The quantitative estimate of drug-likeness (QED) is 0.258. The maximum atomic E-state index is 6.05. The smallest absolute Gasteiger partial charge is 0.161 e. The van der Waals surface area contributed by atoms with Crippen molar-refractivity contribution in [2.75, 3.05) is 7.11 Å². The first kappa shape index (κ1) is 23.7.